The molecule has 0 heterocycles. The minimum Gasteiger partial charge on any atom is -0.481 e. The van der Waals surface area contributed by atoms with Gasteiger partial charge in [-0.15, -0.1) is 12.4 Å². The van der Waals surface area contributed by atoms with E-state index in [2.05, 4.69) is 27.9 Å². The highest BCUT2D eigenvalue weighted by atomic mass is 127. The molecule has 0 aliphatic rings. The second-order valence-corrected chi connectivity index (χ2v) is 5.63. The van der Waals surface area contributed by atoms with E-state index in [0.717, 1.165) is 14.8 Å². The predicted octanol–water partition coefficient (Wildman–Crippen LogP) is 2.37. The lowest BCUT2D eigenvalue weighted by atomic mass is 10.2. The van der Waals surface area contributed by atoms with Crippen molar-refractivity contribution in [1.29, 1.82) is 0 Å². The molecule has 1 aromatic rings. The maximum Gasteiger partial charge on any atom is 0.304 e. The number of likely N-dealkylation sites (N-methyl/N-ethyl adjacent to an activating group) is 1. The molecule has 0 unspecified atom stereocenters. The van der Waals surface area contributed by atoms with E-state index in [1.165, 1.54) is 0 Å². The van der Waals surface area contributed by atoms with Crippen molar-refractivity contribution in [2.75, 3.05) is 25.5 Å². The molecule has 0 atom stereocenters. The van der Waals surface area contributed by atoms with Gasteiger partial charge in [-0.3, -0.25) is 14.5 Å². The van der Waals surface area contributed by atoms with Crippen molar-refractivity contribution in [3.05, 3.63) is 27.3 Å². The molecule has 1 rings (SSSR count). The first-order valence-corrected chi connectivity index (χ1v) is 6.92. The Hall–Kier alpha value is -0.860. The van der Waals surface area contributed by atoms with Gasteiger partial charge in [0.05, 0.1) is 13.0 Å². The van der Waals surface area contributed by atoms with Gasteiger partial charge in [-0.25, -0.2) is 0 Å². The van der Waals surface area contributed by atoms with Crippen LogP contribution in [0.25, 0.3) is 0 Å². The van der Waals surface area contributed by atoms with Gasteiger partial charge >= 0.3 is 5.97 Å². The van der Waals surface area contributed by atoms with Crippen LogP contribution in [-0.2, 0) is 9.59 Å². The number of aliphatic carboxylic acids is 1. The van der Waals surface area contributed by atoms with Gasteiger partial charge in [0.25, 0.3) is 0 Å². The van der Waals surface area contributed by atoms with Crippen LogP contribution in [0, 0.1) is 10.5 Å². The minimum atomic E-state index is -0.860. The molecule has 0 saturated carbocycles. The van der Waals surface area contributed by atoms with Crippen molar-refractivity contribution in [3.8, 4) is 0 Å². The van der Waals surface area contributed by atoms with E-state index in [9.17, 15) is 9.59 Å². The second kappa shape index (κ2) is 9.15. The van der Waals surface area contributed by atoms with Gasteiger partial charge in [0, 0.05) is 15.8 Å². The molecule has 1 amide bonds. The summed E-state index contributed by atoms with van der Waals surface area (Å²) < 4.78 is 1.12. The van der Waals surface area contributed by atoms with Crippen LogP contribution in [0.1, 0.15) is 12.0 Å². The van der Waals surface area contributed by atoms with Gasteiger partial charge in [-0.1, -0.05) is 0 Å². The third kappa shape index (κ3) is 7.06. The molecular formula is C13H18ClIN2O3. The maximum atomic E-state index is 11.8. The summed E-state index contributed by atoms with van der Waals surface area (Å²) in [6.07, 6.45) is 0.0341. The Morgan fingerprint density at radius 2 is 2.05 bits per heavy atom. The average Bonchev–Trinajstić information content (AvgIpc) is 2.30. The highest BCUT2D eigenvalue weighted by Gasteiger charge is 2.09. The molecule has 7 heteroatoms. The Kier molecular flexibility index (Phi) is 8.75. The van der Waals surface area contributed by atoms with Gasteiger partial charge in [-0.05, 0) is 60.3 Å². The molecule has 0 radical (unpaired) electrons. The van der Waals surface area contributed by atoms with Gasteiger partial charge in [0.2, 0.25) is 5.91 Å². The predicted molar refractivity (Wildman–Crippen MR) is 89.5 cm³/mol. The Balaban J connectivity index is 0.00000361. The van der Waals surface area contributed by atoms with Crippen LogP contribution in [0.3, 0.4) is 0 Å². The number of rotatable bonds is 6. The van der Waals surface area contributed by atoms with Crippen molar-refractivity contribution in [1.82, 2.24) is 4.90 Å². The Labute approximate surface area is 138 Å². The van der Waals surface area contributed by atoms with E-state index in [1.807, 2.05) is 25.1 Å². The first kappa shape index (κ1) is 19.1. The molecule has 112 valence electrons. The number of carbonyl (C=O) groups excluding carboxylic acids is 1. The number of hydrogen-bond donors (Lipinski definition) is 2. The van der Waals surface area contributed by atoms with Gasteiger partial charge in [0.1, 0.15) is 0 Å². The van der Waals surface area contributed by atoms with E-state index in [0.29, 0.717) is 6.54 Å². The lowest BCUT2D eigenvalue weighted by molar-refractivity contribution is -0.137. The van der Waals surface area contributed by atoms with Crippen molar-refractivity contribution in [2.24, 2.45) is 0 Å². The molecule has 20 heavy (non-hydrogen) atoms. The third-order valence-electron chi connectivity index (χ3n) is 2.58. The highest BCUT2D eigenvalue weighted by molar-refractivity contribution is 14.1. The van der Waals surface area contributed by atoms with Crippen molar-refractivity contribution < 1.29 is 14.7 Å². The van der Waals surface area contributed by atoms with Gasteiger partial charge in [0.15, 0.2) is 0 Å². The minimum absolute atomic E-state index is 0. The molecule has 0 aliphatic carbocycles. The van der Waals surface area contributed by atoms with Crippen LogP contribution in [0.4, 0.5) is 5.69 Å². The largest absolute Gasteiger partial charge is 0.481 e. The number of carbonyl (C=O) groups is 2. The zero-order chi connectivity index (χ0) is 14.4. The number of anilines is 1. The van der Waals surface area contributed by atoms with Crippen molar-refractivity contribution in [3.63, 3.8) is 0 Å². The fourth-order valence-corrected chi connectivity index (χ4v) is 2.21. The number of halogens is 2. The summed E-state index contributed by atoms with van der Waals surface area (Å²) in [4.78, 5) is 23.9. The molecule has 0 saturated heterocycles. The number of aryl methyl sites for hydroxylation is 1. The number of benzene rings is 1. The van der Waals surface area contributed by atoms with E-state index in [1.54, 1.807) is 11.9 Å². The van der Waals surface area contributed by atoms with Gasteiger partial charge in [-0.2, -0.15) is 0 Å². The van der Waals surface area contributed by atoms with E-state index >= 15 is 0 Å². The summed E-state index contributed by atoms with van der Waals surface area (Å²) in [5.74, 6) is -1.00. The van der Waals surface area contributed by atoms with Crippen molar-refractivity contribution >= 4 is 52.6 Å². The van der Waals surface area contributed by atoms with E-state index in [-0.39, 0.29) is 31.3 Å². The molecule has 5 nitrogen and oxygen atoms in total. The highest BCUT2D eigenvalue weighted by Crippen LogP contribution is 2.17. The lowest BCUT2D eigenvalue weighted by Gasteiger charge is -2.15. The quantitative estimate of drug-likeness (QED) is 0.704. The number of hydrogen-bond acceptors (Lipinski definition) is 3. The molecule has 0 spiro atoms. The average molecular weight is 413 g/mol. The van der Waals surface area contributed by atoms with Crippen LogP contribution in [0.15, 0.2) is 18.2 Å². The summed E-state index contributed by atoms with van der Waals surface area (Å²) in [7, 11) is 1.73. The Bertz CT molecular complexity index is 483. The molecule has 0 aliphatic heterocycles. The number of carboxylic acids is 1. The molecular weight excluding hydrogens is 395 g/mol. The summed E-state index contributed by atoms with van der Waals surface area (Å²) in [6.45, 7) is 2.47. The molecule has 2 N–H and O–H groups in total. The number of carboxylic acid groups (broad SMARTS) is 1. The maximum absolute atomic E-state index is 11.8. The van der Waals surface area contributed by atoms with Gasteiger partial charge < -0.3 is 10.4 Å². The number of amides is 1. The Morgan fingerprint density at radius 3 is 2.60 bits per heavy atom. The monoisotopic (exact) mass is 412 g/mol. The zero-order valence-corrected chi connectivity index (χ0v) is 14.3. The topological polar surface area (TPSA) is 69.6 Å². The summed E-state index contributed by atoms with van der Waals surface area (Å²) in [5.41, 5.74) is 1.80. The standard InChI is InChI=1S/C13H17IN2O3.ClH/c1-9-7-10(14)3-4-11(9)15-12(17)8-16(2)6-5-13(18)19;/h3-4,7H,5-6,8H2,1-2H3,(H,15,17)(H,18,19);1H. The molecule has 0 aromatic heterocycles. The number of nitrogens with one attached hydrogen (secondary N) is 1. The summed E-state index contributed by atoms with van der Waals surface area (Å²) in [5, 5.41) is 11.4. The van der Waals surface area contributed by atoms with Crippen LogP contribution in [-0.4, -0.2) is 42.0 Å². The van der Waals surface area contributed by atoms with Crippen molar-refractivity contribution in [2.45, 2.75) is 13.3 Å². The van der Waals surface area contributed by atoms with Crippen LogP contribution in [0.2, 0.25) is 0 Å². The molecule has 0 fully saturated rings. The van der Waals surface area contributed by atoms with Crippen LogP contribution >= 0.6 is 35.0 Å². The number of nitrogens with zero attached hydrogens (tertiary/aromatic N) is 1. The molecule has 0 bridgehead atoms. The smallest absolute Gasteiger partial charge is 0.304 e. The zero-order valence-electron chi connectivity index (χ0n) is 11.4. The Morgan fingerprint density at radius 1 is 1.40 bits per heavy atom. The van der Waals surface area contributed by atoms with E-state index < -0.39 is 5.97 Å². The first-order chi connectivity index (χ1) is 8.88. The molecule has 1 aromatic carbocycles. The first-order valence-electron chi connectivity index (χ1n) is 5.85. The normalized spacial score (nSPS) is 10.0. The second-order valence-electron chi connectivity index (χ2n) is 4.39. The summed E-state index contributed by atoms with van der Waals surface area (Å²) in [6, 6.07) is 5.79. The van der Waals surface area contributed by atoms with E-state index in [4.69, 9.17) is 5.11 Å². The lowest BCUT2D eigenvalue weighted by Crippen LogP contribution is -2.31. The van der Waals surface area contributed by atoms with Crippen LogP contribution < -0.4 is 5.32 Å². The fourth-order valence-electron chi connectivity index (χ4n) is 1.57. The SMILES string of the molecule is Cc1cc(I)ccc1NC(=O)CN(C)CCC(=O)O.Cl. The fraction of sp³-hybridized carbons (Fsp3) is 0.385. The third-order valence-corrected chi connectivity index (χ3v) is 3.25. The summed E-state index contributed by atoms with van der Waals surface area (Å²) >= 11 is 2.22. The van der Waals surface area contributed by atoms with Crippen LogP contribution in [0.5, 0.6) is 0 Å².